The van der Waals surface area contributed by atoms with Gasteiger partial charge in [0, 0.05) is 13.1 Å². The van der Waals surface area contributed by atoms with Crippen molar-refractivity contribution in [2.24, 2.45) is 0 Å². The molecule has 1 aliphatic heterocycles. The maximum Gasteiger partial charge on any atom is 0.335 e. The number of aryl methyl sites for hydroxylation is 1. The van der Waals surface area contributed by atoms with Crippen molar-refractivity contribution in [3.05, 3.63) is 41.0 Å². The quantitative estimate of drug-likeness (QED) is 0.748. The van der Waals surface area contributed by atoms with Crippen LogP contribution in [0.2, 0.25) is 0 Å². The number of methoxy groups -OCH3 is 1. The van der Waals surface area contributed by atoms with Gasteiger partial charge in [0.05, 0.1) is 12.7 Å². The summed E-state index contributed by atoms with van der Waals surface area (Å²) in [7, 11) is 3.46. The largest absolute Gasteiger partial charge is 0.466 e. The first kappa shape index (κ1) is 12.8. The number of rotatable bonds is 2. The first-order chi connectivity index (χ1) is 8.61. The Bertz CT molecular complexity index is 474. The van der Waals surface area contributed by atoms with Gasteiger partial charge < -0.3 is 9.64 Å². The lowest BCUT2D eigenvalue weighted by Crippen LogP contribution is -2.31. The van der Waals surface area contributed by atoms with E-state index in [1.54, 1.807) is 0 Å². The maximum absolute atomic E-state index is 11.9. The third-order valence-electron chi connectivity index (χ3n) is 3.37. The van der Waals surface area contributed by atoms with Crippen molar-refractivity contribution < 1.29 is 9.53 Å². The van der Waals surface area contributed by atoms with E-state index < -0.39 is 0 Å². The van der Waals surface area contributed by atoms with Crippen molar-refractivity contribution in [1.29, 1.82) is 0 Å². The number of ether oxygens (including phenoxy) is 1. The lowest BCUT2D eigenvalue weighted by atomic mass is 9.93. The second-order valence-electron chi connectivity index (χ2n) is 4.80. The Hall–Kier alpha value is -1.61. The molecule has 0 amide bonds. The van der Waals surface area contributed by atoms with E-state index in [4.69, 9.17) is 4.74 Å². The van der Waals surface area contributed by atoms with Gasteiger partial charge in [-0.2, -0.15) is 0 Å². The summed E-state index contributed by atoms with van der Waals surface area (Å²) in [5, 5.41) is 0. The van der Waals surface area contributed by atoms with Crippen LogP contribution in [-0.2, 0) is 9.53 Å². The Morgan fingerprint density at radius 3 is 2.56 bits per heavy atom. The summed E-state index contributed by atoms with van der Waals surface area (Å²) in [5.41, 5.74) is 4.27. The van der Waals surface area contributed by atoms with Crippen LogP contribution in [0.1, 0.15) is 17.5 Å². The van der Waals surface area contributed by atoms with Gasteiger partial charge in [-0.25, -0.2) is 4.79 Å². The third-order valence-corrected chi connectivity index (χ3v) is 3.37. The molecule has 1 aromatic carbocycles. The van der Waals surface area contributed by atoms with Crippen molar-refractivity contribution in [3.63, 3.8) is 0 Å². The molecule has 0 aromatic heterocycles. The molecule has 0 N–H and O–H groups in total. The van der Waals surface area contributed by atoms with Crippen molar-refractivity contribution in [1.82, 2.24) is 4.90 Å². The molecule has 1 aliphatic rings. The lowest BCUT2D eigenvalue weighted by Gasteiger charge is -2.26. The van der Waals surface area contributed by atoms with Gasteiger partial charge in [0.25, 0.3) is 0 Å². The Labute approximate surface area is 108 Å². The topological polar surface area (TPSA) is 29.5 Å². The van der Waals surface area contributed by atoms with Gasteiger partial charge in [0.1, 0.15) is 0 Å². The van der Waals surface area contributed by atoms with E-state index in [1.807, 2.05) is 7.05 Å². The summed E-state index contributed by atoms with van der Waals surface area (Å²) >= 11 is 0. The third kappa shape index (κ3) is 2.62. The zero-order valence-corrected chi connectivity index (χ0v) is 11.2. The summed E-state index contributed by atoms with van der Waals surface area (Å²) in [4.78, 5) is 14.0. The van der Waals surface area contributed by atoms with Gasteiger partial charge in [-0.05, 0) is 31.5 Å². The zero-order valence-electron chi connectivity index (χ0n) is 11.2. The standard InChI is InChI=1S/C15H19NO2/c1-11-4-6-12(7-5-11)13-8-9-16(2)10-14(13)15(17)18-3/h4-7H,8-10H2,1-3H3. The molecule has 3 nitrogen and oxygen atoms in total. The molecule has 0 radical (unpaired) electrons. The molecule has 1 aromatic rings. The van der Waals surface area contributed by atoms with E-state index >= 15 is 0 Å². The summed E-state index contributed by atoms with van der Waals surface area (Å²) in [6.07, 6.45) is 0.893. The minimum atomic E-state index is -0.211. The van der Waals surface area contributed by atoms with Crippen LogP contribution in [0.15, 0.2) is 29.8 Å². The highest BCUT2D eigenvalue weighted by Gasteiger charge is 2.23. The van der Waals surface area contributed by atoms with Crippen LogP contribution in [0, 0.1) is 6.92 Å². The van der Waals surface area contributed by atoms with Crippen LogP contribution in [0.25, 0.3) is 5.57 Å². The highest BCUT2D eigenvalue weighted by atomic mass is 16.5. The summed E-state index contributed by atoms with van der Waals surface area (Å²) in [5.74, 6) is -0.211. The number of likely N-dealkylation sites (N-methyl/N-ethyl adjacent to an activating group) is 1. The van der Waals surface area contributed by atoms with Gasteiger partial charge in [0.2, 0.25) is 0 Å². The van der Waals surface area contributed by atoms with Crippen LogP contribution in [-0.4, -0.2) is 38.1 Å². The van der Waals surface area contributed by atoms with Gasteiger partial charge in [-0.3, -0.25) is 0 Å². The number of esters is 1. The van der Waals surface area contributed by atoms with Gasteiger partial charge >= 0.3 is 5.97 Å². The number of hydrogen-bond acceptors (Lipinski definition) is 3. The smallest absolute Gasteiger partial charge is 0.335 e. The molecule has 3 heteroatoms. The molecule has 1 heterocycles. The SMILES string of the molecule is COC(=O)C1=C(c2ccc(C)cc2)CCN(C)C1. The second-order valence-corrected chi connectivity index (χ2v) is 4.80. The molecular weight excluding hydrogens is 226 g/mol. The molecule has 18 heavy (non-hydrogen) atoms. The number of carbonyl (C=O) groups excluding carboxylic acids is 1. The van der Waals surface area contributed by atoms with E-state index in [1.165, 1.54) is 12.7 Å². The van der Waals surface area contributed by atoms with Crippen molar-refractivity contribution in [3.8, 4) is 0 Å². The predicted molar refractivity (Wildman–Crippen MR) is 72.2 cm³/mol. The molecule has 0 saturated carbocycles. The predicted octanol–water partition coefficient (Wildman–Crippen LogP) is 2.26. The molecule has 0 aliphatic carbocycles. The van der Waals surface area contributed by atoms with E-state index in [0.717, 1.165) is 29.7 Å². The highest BCUT2D eigenvalue weighted by molar-refractivity contribution is 5.98. The van der Waals surface area contributed by atoms with Crippen LogP contribution in [0.4, 0.5) is 0 Å². The van der Waals surface area contributed by atoms with E-state index in [-0.39, 0.29) is 5.97 Å². The molecular formula is C15H19NO2. The fourth-order valence-corrected chi connectivity index (χ4v) is 2.28. The molecule has 0 fully saturated rings. The minimum Gasteiger partial charge on any atom is -0.466 e. The van der Waals surface area contributed by atoms with E-state index in [0.29, 0.717) is 6.54 Å². The molecule has 0 unspecified atom stereocenters. The average Bonchev–Trinajstić information content (AvgIpc) is 2.39. The normalized spacial score (nSPS) is 16.8. The Balaban J connectivity index is 2.42. The Kier molecular flexibility index (Phi) is 3.82. The van der Waals surface area contributed by atoms with Crippen molar-refractivity contribution >= 4 is 11.5 Å². The maximum atomic E-state index is 11.9. The molecule has 0 atom stereocenters. The summed E-state index contributed by atoms with van der Waals surface area (Å²) in [6.45, 7) is 3.70. The number of nitrogens with zero attached hydrogens (tertiary/aromatic N) is 1. The van der Waals surface area contributed by atoms with E-state index in [9.17, 15) is 4.79 Å². The van der Waals surface area contributed by atoms with Crippen LogP contribution in [0.3, 0.4) is 0 Å². The molecule has 2 rings (SSSR count). The number of hydrogen-bond donors (Lipinski definition) is 0. The monoisotopic (exact) mass is 245 g/mol. The molecule has 0 spiro atoms. The molecule has 0 saturated heterocycles. The minimum absolute atomic E-state index is 0.211. The zero-order chi connectivity index (χ0) is 13.1. The number of carbonyl (C=O) groups is 1. The number of benzene rings is 1. The van der Waals surface area contributed by atoms with Gasteiger partial charge in [-0.1, -0.05) is 29.8 Å². The fourth-order valence-electron chi connectivity index (χ4n) is 2.28. The fraction of sp³-hybridized carbons (Fsp3) is 0.400. The second kappa shape index (κ2) is 5.36. The van der Waals surface area contributed by atoms with Crippen LogP contribution in [0.5, 0.6) is 0 Å². The summed E-state index contributed by atoms with van der Waals surface area (Å²) in [6, 6.07) is 8.32. The molecule has 0 bridgehead atoms. The average molecular weight is 245 g/mol. The van der Waals surface area contributed by atoms with Crippen LogP contribution < -0.4 is 0 Å². The summed E-state index contributed by atoms with van der Waals surface area (Å²) < 4.78 is 4.89. The van der Waals surface area contributed by atoms with Crippen LogP contribution >= 0.6 is 0 Å². The van der Waals surface area contributed by atoms with Crippen molar-refractivity contribution in [2.75, 3.05) is 27.2 Å². The Morgan fingerprint density at radius 2 is 1.94 bits per heavy atom. The first-order valence-electron chi connectivity index (χ1n) is 6.17. The Morgan fingerprint density at radius 1 is 1.28 bits per heavy atom. The van der Waals surface area contributed by atoms with E-state index in [2.05, 4.69) is 36.1 Å². The molecule has 96 valence electrons. The van der Waals surface area contributed by atoms with Gasteiger partial charge in [-0.15, -0.1) is 0 Å². The lowest BCUT2D eigenvalue weighted by molar-refractivity contribution is -0.136. The van der Waals surface area contributed by atoms with Crippen molar-refractivity contribution in [2.45, 2.75) is 13.3 Å². The highest BCUT2D eigenvalue weighted by Crippen LogP contribution is 2.27. The van der Waals surface area contributed by atoms with Gasteiger partial charge in [0.15, 0.2) is 0 Å². The first-order valence-corrected chi connectivity index (χ1v) is 6.17.